The van der Waals surface area contributed by atoms with Gasteiger partial charge < -0.3 is 14.8 Å². The van der Waals surface area contributed by atoms with Gasteiger partial charge in [0.1, 0.15) is 11.5 Å². The van der Waals surface area contributed by atoms with E-state index in [9.17, 15) is 4.79 Å². The fourth-order valence-corrected chi connectivity index (χ4v) is 3.37. The molecule has 132 valence electrons. The first-order chi connectivity index (χ1) is 12.1. The minimum atomic E-state index is -0.148. The van der Waals surface area contributed by atoms with Crippen LogP contribution in [0.3, 0.4) is 0 Å². The van der Waals surface area contributed by atoms with Crippen LogP contribution in [0.25, 0.3) is 0 Å². The standard InChI is InChI=1S/C21H25NO3/c1-14(16-9-8-15-6-4-5-7-17(15)12-16)22-21(23)19-11-10-18(24-2)13-20(19)25-3/h8-14H,4-7H2,1-3H3,(H,22,23). The minimum absolute atomic E-state index is 0.0634. The molecule has 0 aliphatic heterocycles. The predicted octanol–water partition coefficient (Wildman–Crippen LogP) is 4.07. The van der Waals surface area contributed by atoms with Gasteiger partial charge in [0.25, 0.3) is 5.91 Å². The lowest BCUT2D eigenvalue weighted by Crippen LogP contribution is -2.27. The molecule has 0 aromatic heterocycles. The van der Waals surface area contributed by atoms with Gasteiger partial charge in [0.05, 0.1) is 25.8 Å². The predicted molar refractivity (Wildman–Crippen MR) is 98.5 cm³/mol. The number of amides is 1. The van der Waals surface area contributed by atoms with Gasteiger partial charge in [-0.05, 0) is 61.4 Å². The van der Waals surface area contributed by atoms with Crippen molar-refractivity contribution in [2.75, 3.05) is 14.2 Å². The van der Waals surface area contributed by atoms with Gasteiger partial charge in [-0.25, -0.2) is 0 Å². The monoisotopic (exact) mass is 339 g/mol. The first-order valence-electron chi connectivity index (χ1n) is 8.77. The average Bonchev–Trinajstić information content (AvgIpc) is 2.66. The van der Waals surface area contributed by atoms with Crippen LogP contribution in [0.15, 0.2) is 36.4 Å². The molecular formula is C21H25NO3. The second-order valence-electron chi connectivity index (χ2n) is 6.50. The van der Waals surface area contributed by atoms with E-state index < -0.39 is 0 Å². The summed E-state index contributed by atoms with van der Waals surface area (Å²) in [6.45, 7) is 2.01. The molecule has 1 amide bonds. The van der Waals surface area contributed by atoms with Crippen LogP contribution in [0.1, 0.15) is 52.9 Å². The van der Waals surface area contributed by atoms with Gasteiger partial charge in [0.2, 0.25) is 0 Å². The van der Waals surface area contributed by atoms with E-state index in [1.165, 1.54) is 30.4 Å². The molecule has 3 rings (SSSR count). The largest absolute Gasteiger partial charge is 0.497 e. The number of benzene rings is 2. The molecule has 0 heterocycles. The fraction of sp³-hybridized carbons (Fsp3) is 0.381. The van der Waals surface area contributed by atoms with E-state index in [1.54, 1.807) is 32.4 Å². The summed E-state index contributed by atoms with van der Waals surface area (Å²) in [5, 5.41) is 3.07. The molecule has 0 fully saturated rings. The molecule has 1 aliphatic carbocycles. The van der Waals surface area contributed by atoms with Gasteiger partial charge in [-0.1, -0.05) is 18.2 Å². The number of hydrogen-bond acceptors (Lipinski definition) is 3. The third-order valence-electron chi connectivity index (χ3n) is 4.87. The molecule has 1 aliphatic rings. The van der Waals surface area contributed by atoms with Gasteiger partial charge in [-0.15, -0.1) is 0 Å². The van der Waals surface area contributed by atoms with Crippen LogP contribution in [0, 0.1) is 0 Å². The summed E-state index contributed by atoms with van der Waals surface area (Å²) in [4.78, 5) is 12.7. The average molecular weight is 339 g/mol. The van der Waals surface area contributed by atoms with Gasteiger partial charge in [0.15, 0.2) is 0 Å². The highest BCUT2D eigenvalue weighted by Gasteiger charge is 2.18. The minimum Gasteiger partial charge on any atom is -0.497 e. The molecule has 4 heteroatoms. The van der Waals surface area contributed by atoms with Gasteiger partial charge in [-0.3, -0.25) is 4.79 Å². The summed E-state index contributed by atoms with van der Waals surface area (Å²) in [5.41, 5.74) is 4.52. The smallest absolute Gasteiger partial charge is 0.255 e. The maximum absolute atomic E-state index is 12.7. The van der Waals surface area contributed by atoms with E-state index >= 15 is 0 Å². The third-order valence-corrected chi connectivity index (χ3v) is 4.87. The summed E-state index contributed by atoms with van der Waals surface area (Å²) in [7, 11) is 3.14. The molecule has 2 aromatic rings. The Labute approximate surface area is 149 Å². The van der Waals surface area contributed by atoms with Crippen molar-refractivity contribution in [3.63, 3.8) is 0 Å². The topological polar surface area (TPSA) is 47.6 Å². The van der Waals surface area contributed by atoms with Gasteiger partial charge in [0, 0.05) is 6.07 Å². The van der Waals surface area contributed by atoms with Crippen molar-refractivity contribution in [2.24, 2.45) is 0 Å². The maximum atomic E-state index is 12.7. The lowest BCUT2D eigenvalue weighted by atomic mass is 9.89. The fourth-order valence-electron chi connectivity index (χ4n) is 3.37. The number of ether oxygens (including phenoxy) is 2. The normalized spacial score (nSPS) is 14.4. The molecule has 4 nitrogen and oxygen atoms in total. The summed E-state index contributed by atoms with van der Waals surface area (Å²) in [6.07, 6.45) is 4.83. The first-order valence-corrected chi connectivity index (χ1v) is 8.77. The Balaban J connectivity index is 1.76. The van der Waals surface area contributed by atoms with Crippen LogP contribution >= 0.6 is 0 Å². The quantitative estimate of drug-likeness (QED) is 0.893. The molecule has 1 unspecified atom stereocenters. The molecule has 0 saturated carbocycles. The summed E-state index contributed by atoms with van der Waals surface area (Å²) in [6, 6.07) is 11.7. The molecule has 1 atom stereocenters. The van der Waals surface area contributed by atoms with E-state index in [2.05, 4.69) is 23.5 Å². The van der Waals surface area contributed by atoms with E-state index in [4.69, 9.17) is 9.47 Å². The van der Waals surface area contributed by atoms with E-state index in [-0.39, 0.29) is 11.9 Å². The van der Waals surface area contributed by atoms with E-state index in [0.29, 0.717) is 17.1 Å². The number of nitrogens with one attached hydrogen (secondary N) is 1. The van der Waals surface area contributed by atoms with Crippen LogP contribution in [0.4, 0.5) is 0 Å². The van der Waals surface area contributed by atoms with Crippen molar-refractivity contribution in [1.82, 2.24) is 5.32 Å². The van der Waals surface area contributed by atoms with Crippen molar-refractivity contribution in [2.45, 2.75) is 38.6 Å². The van der Waals surface area contributed by atoms with Crippen LogP contribution in [-0.4, -0.2) is 20.1 Å². The second-order valence-corrected chi connectivity index (χ2v) is 6.50. The Kier molecular flexibility index (Phi) is 5.27. The van der Waals surface area contributed by atoms with Crippen LogP contribution in [0.2, 0.25) is 0 Å². The van der Waals surface area contributed by atoms with Gasteiger partial charge in [-0.2, -0.15) is 0 Å². The Morgan fingerprint density at radius 1 is 1.00 bits per heavy atom. The molecule has 0 bridgehead atoms. The van der Waals surface area contributed by atoms with E-state index in [0.717, 1.165) is 12.0 Å². The van der Waals surface area contributed by atoms with Crippen LogP contribution in [0.5, 0.6) is 11.5 Å². The van der Waals surface area contributed by atoms with Crippen molar-refractivity contribution in [1.29, 1.82) is 0 Å². The molecule has 0 radical (unpaired) electrons. The molecule has 0 spiro atoms. The second kappa shape index (κ2) is 7.60. The molecular weight excluding hydrogens is 314 g/mol. The van der Waals surface area contributed by atoms with Crippen molar-refractivity contribution in [3.05, 3.63) is 58.7 Å². The number of rotatable bonds is 5. The molecule has 2 aromatic carbocycles. The number of fused-ring (bicyclic) bond motifs is 1. The Morgan fingerprint density at radius 2 is 1.76 bits per heavy atom. The zero-order valence-electron chi connectivity index (χ0n) is 15.1. The summed E-state index contributed by atoms with van der Waals surface area (Å²) >= 11 is 0. The maximum Gasteiger partial charge on any atom is 0.255 e. The molecule has 25 heavy (non-hydrogen) atoms. The van der Waals surface area contributed by atoms with Crippen LogP contribution < -0.4 is 14.8 Å². The zero-order valence-corrected chi connectivity index (χ0v) is 15.1. The number of hydrogen-bond donors (Lipinski definition) is 1. The summed E-state index contributed by atoms with van der Waals surface area (Å²) in [5.74, 6) is 1.02. The van der Waals surface area contributed by atoms with Crippen molar-refractivity contribution < 1.29 is 14.3 Å². The number of carbonyl (C=O) groups is 1. The Morgan fingerprint density at radius 3 is 2.48 bits per heavy atom. The van der Waals surface area contributed by atoms with Crippen molar-refractivity contribution in [3.8, 4) is 11.5 Å². The SMILES string of the molecule is COc1ccc(C(=O)NC(C)c2ccc3c(c2)CCCC3)c(OC)c1. The van der Waals surface area contributed by atoms with Gasteiger partial charge >= 0.3 is 0 Å². The number of methoxy groups -OCH3 is 2. The number of aryl methyl sites for hydroxylation is 2. The Hall–Kier alpha value is -2.49. The lowest BCUT2D eigenvalue weighted by Gasteiger charge is -2.20. The molecule has 0 saturated heterocycles. The molecule has 1 N–H and O–H groups in total. The van der Waals surface area contributed by atoms with Crippen LogP contribution in [-0.2, 0) is 12.8 Å². The number of carbonyl (C=O) groups excluding carboxylic acids is 1. The highest BCUT2D eigenvalue weighted by molar-refractivity contribution is 5.97. The highest BCUT2D eigenvalue weighted by atomic mass is 16.5. The summed E-state index contributed by atoms with van der Waals surface area (Å²) < 4.78 is 10.5. The third kappa shape index (κ3) is 3.78. The zero-order chi connectivity index (χ0) is 17.8. The highest BCUT2D eigenvalue weighted by Crippen LogP contribution is 2.27. The lowest BCUT2D eigenvalue weighted by molar-refractivity contribution is 0.0937. The van der Waals surface area contributed by atoms with Crippen molar-refractivity contribution >= 4 is 5.91 Å². The first kappa shape index (κ1) is 17.3. The van der Waals surface area contributed by atoms with E-state index in [1.807, 2.05) is 6.92 Å². The Bertz CT molecular complexity index is 770.